The summed E-state index contributed by atoms with van der Waals surface area (Å²) in [4.78, 5) is 0. The Labute approximate surface area is 102 Å². The largest absolute Gasteiger partial charge is 0.508 e. The summed E-state index contributed by atoms with van der Waals surface area (Å²) >= 11 is 0. The highest BCUT2D eigenvalue weighted by Crippen LogP contribution is 2.28. The van der Waals surface area contributed by atoms with E-state index in [1.165, 1.54) is 31.4 Å². The third-order valence-corrected chi connectivity index (χ3v) is 3.78. The van der Waals surface area contributed by atoms with Crippen LogP contribution in [0.1, 0.15) is 44.7 Å². The van der Waals surface area contributed by atoms with Crippen molar-refractivity contribution in [2.75, 3.05) is 0 Å². The molecule has 1 aliphatic carbocycles. The highest BCUT2D eigenvalue weighted by atomic mass is 19.1. The topological polar surface area (TPSA) is 32.3 Å². The lowest BCUT2D eigenvalue weighted by Gasteiger charge is -2.23. The van der Waals surface area contributed by atoms with Crippen molar-refractivity contribution >= 4 is 0 Å². The van der Waals surface area contributed by atoms with Crippen molar-refractivity contribution in [1.29, 1.82) is 0 Å². The summed E-state index contributed by atoms with van der Waals surface area (Å²) in [6.07, 6.45) is 3.68. The van der Waals surface area contributed by atoms with Gasteiger partial charge in [-0.05, 0) is 31.7 Å². The molecule has 0 heterocycles. The highest BCUT2D eigenvalue weighted by molar-refractivity contribution is 5.29. The van der Waals surface area contributed by atoms with Gasteiger partial charge in [-0.15, -0.1) is 0 Å². The number of benzene rings is 1. The van der Waals surface area contributed by atoms with Crippen LogP contribution in [0.25, 0.3) is 0 Å². The molecule has 0 aromatic heterocycles. The molecule has 1 saturated carbocycles. The van der Waals surface area contributed by atoms with Crippen molar-refractivity contribution in [3.63, 3.8) is 0 Å². The molecule has 1 aromatic carbocycles. The Kier molecular flexibility index (Phi) is 3.67. The minimum absolute atomic E-state index is 0.0128. The minimum Gasteiger partial charge on any atom is -0.508 e. The summed E-state index contributed by atoms with van der Waals surface area (Å²) in [7, 11) is 0. The molecule has 0 amide bonds. The predicted octanol–water partition coefficient (Wildman–Crippen LogP) is 3.37. The summed E-state index contributed by atoms with van der Waals surface area (Å²) in [5.74, 6) is 0.306. The molecule has 2 nitrogen and oxygen atoms in total. The Bertz CT molecular complexity index is 394. The van der Waals surface area contributed by atoms with E-state index in [4.69, 9.17) is 0 Å². The molecular formula is C14H20FNO. The van der Waals surface area contributed by atoms with E-state index in [9.17, 15) is 9.50 Å². The lowest BCUT2D eigenvalue weighted by molar-refractivity contribution is 0.381. The van der Waals surface area contributed by atoms with Gasteiger partial charge in [-0.1, -0.05) is 19.4 Å². The van der Waals surface area contributed by atoms with E-state index >= 15 is 0 Å². The monoisotopic (exact) mass is 237 g/mol. The number of halogens is 1. The van der Waals surface area contributed by atoms with Gasteiger partial charge in [0.25, 0.3) is 0 Å². The number of nitrogens with one attached hydrogen (secondary N) is 1. The lowest BCUT2D eigenvalue weighted by Crippen LogP contribution is -2.33. The second kappa shape index (κ2) is 5.05. The van der Waals surface area contributed by atoms with E-state index in [-0.39, 0.29) is 17.6 Å². The number of phenols is 1. The fourth-order valence-electron chi connectivity index (χ4n) is 2.67. The van der Waals surface area contributed by atoms with Crippen molar-refractivity contribution in [3.05, 3.63) is 29.6 Å². The highest BCUT2D eigenvalue weighted by Gasteiger charge is 2.25. The van der Waals surface area contributed by atoms with Crippen LogP contribution in [0.15, 0.2) is 18.2 Å². The molecule has 3 unspecified atom stereocenters. The summed E-state index contributed by atoms with van der Waals surface area (Å²) in [5.41, 5.74) is 0.627. The smallest absolute Gasteiger partial charge is 0.131 e. The summed E-state index contributed by atoms with van der Waals surface area (Å²) in [6, 6.07) is 4.83. The molecule has 1 fully saturated rings. The predicted molar refractivity (Wildman–Crippen MR) is 66.4 cm³/mol. The average Bonchev–Trinajstić information content (AvgIpc) is 2.64. The molecule has 2 N–H and O–H groups in total. The van der Waals surface area contributed by atoms with E-state index < -0.39 is 0 Å². The van der Waals surface area contributed by atoms with Crippen LogP contribution in [0.2, 0.25) is 0 Å². The van der Waals surface area contributed by atoms with E-state index in [0.717, 1.165) is 0 Å². The molecule has 2 rings (SSSR count). The Morgan fingerprint density at radius 2 is 2.18 bits per heavy atom. The van der Waals surface area contributed by atoms with Gasteiger partial charge in [0.1, 0.15) is 11.6 Å². The zero-order chi connectivity index (χ0) is 12.4. The van der Waals surface area contributed by atoms with Crippen LogP contribution >= 0.6 is 0 Å². The third kappa shape index (κ3) is 2.78. The maximum atomic E-state index is 13.7. The number of phenolic OH excluding ortho intramolecular Hbond substituents is 1. The number of hydrogen-bond donors (Lipinski definition) is 2. The van der Waals surface area contributed by atoms with E-state index in [0.29, 0.717) is 17.5 Å². The standard InChI is InChI=1S/C14H20FNO/c1-9-4-3-5-14(9)16-10(2)12-7-6-11(17)8-13(12)15/h6-10,14,16-17H,3-5H2,1-2H3. The van der Waals surface area contributed by atoms with Crippen LogP contribution < -0.4 is 5.32 Å². The molecule has 0 spiro atoms. The number of aromatic hydroxyl groups is 1. The van der Waals surface area contributed by atoms with Crippen LogP contribution in [0.3, 0.4) is 0 Å². The van der Waals surface area contributed by atoms with Gasteiger partial charge in [0.2, 0.25) is 0 Å². The quantitative estimate of drug-likeness (QED) is 0.844. The van der Waals surface area contributed by atoms with Gasteiger partial charge in [-0.2, -0.15) is 0 Å². The van der Waals surface area contributed by atoms with E-state index in [1.807, 2.05) is 6.92 Å². The minimum atomic E-state index is -0.337. The van der Waals surface area contributed by atoms with Gasteiger partial charge in [0, 0.05) is 23.7 Å². The normalized spacial score (nSPS) is 26.1. The molecule has 17 heavy (non-hydrogen) atoms. The lowest BCUT2D eigenvalue weighted by atomic mass is 10.0. The average molecular weight is 237 g/mol. The molecule has 94 valence electrons. The molecular weight excluding hydrogens is 217 g/mol. The second-order valence-electron chi connectivity index (χ2n) is 5.11. The maximum absolute atomic E-state index is 13.7. The fraction of sp³-hybridized carbons (Fsp3) is 0.571. The molecule has 0 radical (unpaired) electrons. The van der Waals surface area contributed by atoms with Crippen molar-refractivity contribution < 1.29 is 9.50 Å². The van der Waals surface area contributed by atoms with Gasteiger partial charge < -0.3 is 10.4 Å². The fourth-order valence-corrected chi connectivity index (χ4v) is 2.67. The zero-order valence-corrected chi connectivity index (χ0v) is 10.4. The Morgan fingerprint density at radius 3 is 2.76 bits per heavy atom. The van der Waals surface area contributed by atoms with Gasteiger partial charge in [-0.25, -0.2) is 4.39 Å². The van der Waals surface area contributed by atoms with Gasteiger partial charge in [-0.3, -0.25) is 0 Å². The SMILES string of the molecule is CC(NC1CCCC1C)c1ccc(O)cc1F. The molecule has 3 heteroatoms. The van der Waals surface area contributed by atoms with E-state index in [1.54, 1.807) is 6.07 Å². The van der Waals surface area contributed by atoms with Crippen molar-refractivity contribution in [1.82, 2.24) is 5.32 Å². The van der Waals surface area contributed by atoms with Gasteiger partial charge in [0.15, 0.2) is 0 Å². The molecule has 0 bridgehead atoms. The van der Waals surface area contributed by atoms with Crippen LogP contribution in [-0.4, -0.2) is 11.1 Å². The van der Waals surface area contributed by atoms with Crippen LogP contribution in [0.4, 0.5) is 4.39 Å². The maximum Gasteiger partial charge on any atom is 0.131 e. The van der Waals surface area contributed by atoms with Crippen LogP contribution in [-0.2, 0) is 0 Å². The van der Waals surface area contributed by atoms with Crippen molar-refractivity contribution in [2.24, 2.45) is 5.92 Å². The number of hydrogen-bond acceptors (Lipinski definition) is 2. The van der Waals surface area contributed by atoms with E-state index in [2.05, 4.69) is 12.2 Å². The summed E-state index contributed by atoms with van der Waals surface area (Å²) in [6.45, 7) is 4.21. The van der Waals surface area contributed by atoms with Crippen molar-refractivity contribution in [3.8, 4) is 5.75 Å². The zero-order valence-electron chi connectivity index (χ0n) is 10.4. The molecule has 3 atom stereocenters. The Balaban J connectivity index is 2.06. The van der Waals surface area contributed by atoms with Crippen molar-refractivity contribution in [2.45, 2.75) is 45.2 Å². The van der Waals surface area contributed by atoms with Crippen LogP contribution in [0, 0.1) is 11.7 Å². The Hall–Kier alpha value is -1.09. The first kappa shape index (κ1) is 12.4. The molecule has 1 aliphatic rings. The van der Waals surface area contributed by atoms with Gasteiger partial charge in [0.05, 0.1) is 0 Å². The summed E-state index contributed by atoms with van der Waals surface area (Å²) in [5, 5.41) is 12.7. The molecule has 0 aliphatic heterocycles. The first-order chi connectivity index (χ1) is 8.08. The molecule has 0 saturated heterocycles. The second-order valence-corrected chi connectivity index (χ2v) is 5.11. The Morgan fingerprint density at radius 1 is 1.41 bits per heavy atom. The van der Waals surface area contributed by atoms with Gasteiger partial charge >= 0.3 is 0 Å². The number of rotatable bonds is 3. The first-order valence-electron chi connectivity index (χ1n) is 6.32. The van der Waals surface area contributed by atoms with Crippen LogP contribution in [0.5, 0.6) is 5.75 Å². The molecule has 1 aromatic rings. The first-order valence-corrected chi connectivity index (χ1v) is 6.32. The third-order valence-electron chi connectivity index (χ3n) is 3.78. The summed E-state index contributed by atoms with van der Waals surface area (Å²) < 4.78 is 13.7.